The van der Waals surface area contributed by atoms with E-state index in [0.29, 0.717) is 60.9 Å². The van der Waals surface area contributed by atoms with Crippen LogP contribution >= 0.6 is 11.8 Å². The molecule has 0 unspecified atom stereocenters. The Hall–Kier alpha value is -5.08. The summed E-state index contributed by atoms with van der Waals surface area (Å²) in [6.45, 7) is 0.401. The van der Waals surface area contributed by atoms with Crippen LogP contribution in [0.25, 0.3) is 11.1 Å². The van der Waals surface area contributed by atoms with Gasteiger partial charge in [-0.3, -0.25) is 9.59 Å². The minimum Gasteiger partial charge on any atom is -0.397 e. The molecule has 6 rings (SSSR count). The fraction of sp³-hybridized carbons (Fsp3) is 0.325. The first-order valence-corrected chi connectivity index (χ1v) is 18.8. The Kier molecular flexibility index (Phi) is 13.2. The Labute approximate surface area is 313 Å². The van der Waals surface area contributed by atoms with Gasteiger partial charge in [0, 0.05) is 44.2 Å². The van der Waals surface area contributed by atoms with Crippen LogP contribution in [0.15, 0.2) is 102 Å². The molecule has 2 amide bonds. The lowest BCUT2D eigenvalue weighted by molar-refractivity contribution is -0.245. The molecule has 12 nitrogen and oxygen atoms in total. The highest BCUT2D eigenvalue weighted by molar-refractivity contribution is 7.99. The zero-order chi connectivity index (χ0) is 37.0. The standard InChI is InChI=1S/C40H45N7O5S/c1-47-40(44-45-46-47)53-26-33-23-36(29-19-17-27(25-48)18-20-29)52-39(51-33)32-12-8-11-31(22-32)30-10-7-9-28(21-30)24-42-37(49)15-3-2-4-16-38(50)43-35-14-6-5-13-34(35)41/h5-14,17-22,33,36,39,48H,2-4,15-16,23-26,41H2,1H3,(H,42,49)(H,43,50)/t33-,36+,39+/m0/s1. The van der Waals surface area contributed by atoms with E-state index >= 15 is 0 Å². The van der Waals surface area contributed by atoms with E-state index in [-0.39, 0.29) is 30.6 Å². The smallest absolute Gasteiger partial charge is 0.224 e. The number of amides is 2. The summed E-state index contributed by atoms with van der Waals surface area (Å²) in [7, 11) is 1.81. The molecular weight excluding hydrogens is 691 g/mol. The van der Waals surface area contributed by atoms with Gasteiger partial charge in [0.1, 0.15) is 0 Å². The fourth-order valence-electron chi connectivity index (χ4n) is 6.12. The van der Waals surface area contributed by atoms with E-state index in [1.165, 1.54) is 0 Å². The van der Waals surface area contributed by atoms with Crippen LogP contribution < -0.4 is 16.4 Å². The summed E-state index contributed by atoms with van der Waals surface area (Å²) in [6, 6.07) is 31.3. The highest BCUT2D eigenvalue weighted by Crippen LogP contribution is 2.40. The zero-order valence-electron chi connectivity index (χ0n) is 29.7. The minimum absolute atomic E-state index is 0.0154. The van der Waals surface area contributed by atoms with E-state index in [1.54, 1.807) is 28.6 Å². The molecule has 1 saturated heterocycles. The first-order valence-electron chi connectivity index (χ1n) is 17.8. The summed E-state index contributed by atoms with van der Waals surface area (Å²) in [6.07, 6.45) is 2.67. The lowest BCUT2D eigenvalue weighted by atomic mass is 9.99. The number of aliphatic hydroxyl groups is 1. The number of carbonyl (C=O) groups excluding carboxylic acids is 2. The molecule has 5 N–H and O–H groups in total. The average molecular weight is 736 g/mol. The number of unbranched alkanes of at least 4 members (excludes halogenated alkanes) is 2. The van der Waals surface area contributed by atoms with Gasteiger partial charge in [-0.2, -0.15) is 0 Å². The van der Waals surface area contributed by atoms with Crippen LogP contribution in [0.5, 0.6) is 0 Å². The molecule has 276 valence electrons. The number of aromatic nitrogens is 4. The lowest BCUT2D eigenvalue weighted by Gasteiger charge is -2.36. The summed E-state index contributed by atoms with van der Waals surface area (Å²) in [4.78, 5) is 24.9. The van der Waals surface area contributed by atoms with Crippen LogP contribution in [-0.4, -0.2) is 49.0 Å². The van der Waals surface area contributed by atoms with Crippen LogP contribution in [-0.2, 0) is 39.3 Å². The Morgan fingerprint density at radius 3 is 2.38 bits per heavy atom. The Morgan fingerprint density at radius 1 is 0.868 bits per heavy atom. The van der Waals surface area contributed by atoms with Crippen LogP contribution in [0, 0.1) is 0 Å². The molecule has 0 saturated carbocycles. The zero-order valence-corrected chi connectivity index (χ0v) is 30.5. The second-order valence-electron chi connectivity index (χ2n) is 13.0. The number of hydrogen-bond acceptors (Lipinski definition) is 10. The van der Waals surface area contributed by atoms with E-state index < -0.39 is 6.29 Å². The van der Waals surface area contributed by atoms with Gasteiger partial charge >= 0.3 is 0 Å². The van der Waals surface area contributed by atoms with E-state index in [0.717, 1.165) is 39.8 Å². The molecule has 0 radical (unpaired) electrons. The third-order valence-electron chi connectivity index (χ3n) is 9.05. The van der Waals surface area contributed by atoms with E-state index in [2.05, 4.69) is 50.4 Å². The number of ether oxygens (including phenoxy) is 2. The van der Waals surface area contributed by atoms with E-state index in [9.17, 15) is 14.7 Å². The summed E-state index contributed by atoms with van der Waals surface area (Å²) >= 11 is 1.54. The van der Waals surface area contributed by atoms with Crippen molar-refractivity contribution in [2.24, 2.45) is 7.05 Å². The number of anilines is 2. The van der Waals surface area contributed by atoms with Crippen LogP contribution in [0.2, 0.25) is 0 Å². The Morgan fingerprint density at radius 2 is 1.62 bits per heavy atom. The molecule has 13 heteroatoms. The third kappa shape index (κ3) is 10.7. The monoisotopic (exact) mass is 735 g/mol. The number of tetrazole rings is 1. The Balaban J connectivity index is 1.03. The Bertz CT molecular complexity index is 1970. The molecule has 1 aromatic heterocycles. The molecule has 0 bridgehead atoms. The highest BCUT2D eigenvalue weighted by atomic mass is 32.2. The number of carbonyl (C=O) groups is 2. The predicted octanol–water partition coefficient (Wildman–Crippen LogP) is 6.49. The van der Waals surface area contributed by atoms with Crippen LogP contribution in [0.1, 0.15) is 73.2 Å². The van der Waals surface area contributed by atoms with Crippen molar-refractivity contribution in [1.29, 1.82) is 0 Å². The average Bonchev–Trinajstić information content (AvgIpc) is 3.61. The highest BCUT2D eigenvalue weighted by Gasteiger charge is 2.32. The van der Waals surface area contributed by atoms with Crippen molar-refractivity contribution in [1.82, 2.24) is 25.5 Å². The molecule has 0 aliphatic carbocycles. The van der Waals surface area contributed by atoms with E-state index in [1.807, 2.05) is 67.7 Å². The predicted molar refractivity (Wildman–Crippen MR) is 204 cm³/mol. The number of benzene rings is 4. The van der Waals surface area contributed by atoms with Crippen molar-refractivity contribution in [3.8, 4) is 11.1 Å². The van der Waals surface area contributed by atoms with Crippen LogP contribution in [0.4, 0.5) is 11.4 Å². The fourth-order valence-corrected chi connectivity index (χ4v) is 6.99. The molecule has 5 aromatic rings. The maximum absolute atomic E-state index is 12.6. The van der Waals surface area contributed by atoms with Gasteiger partial charge in [0.15, 0.2) is 6.29 Å². The third-order valence-corrected chi connectivity index (χ3v) is 10.2. The topological polar surface area (TPSA) is 167 Å². The number of aliphatic hydroxyl groups excluding tert-OH is 1. The second kappa shape index (κ2) is 18.6. The molecule has 4 aromatic carbocycles. The molecule has 0 spiro atoms. The molecule has 1 aliphatic heterocycles. The number of para-hydroxylation sites is 2. The van der Waals surface area contributed by atoms with Crippen molar-refractivity contribution >= 4 is 35.0 Å². The van der Waals surface area contributed by atoms with Crippen molar-refractivity contribution < 1.29 is 24.2 Å². The lowest BCUT2D eigenvalue weighted by Crippen LogP contribution is -2.31. The number of thioether (sulfide) groups is 1. The van der Waals surface area contributed by atoms with Gasteiger partial charge in [-0.05, 0) is 75.4 Å². The SMILES string of the molecule is Cn1nnnc1SC[C@@H]1C[C@H](c2ccc(CO)cc2)O[C@H](c2cccc(-c3cccc(CNC(=O)CCCCCC(=O)Nc4ccccc4N)c3)c2)O1. The number of aryl methyl sites for hydroxylation is 1. The quantitative estimate of drug-likeness (QED) is 0.0500. The van der Waals surface area contributed by atoms with Gasteiger partial charge in [-0.1, -0.05) is 91.0 Å². The van der Waals surface area contributed by atoms with Gasteiger partial charge in [0.25, 0.3) is 0 Å². The van der Waals surface area contributed by atoms with Crippen molar-refractivity contribution in [2.45, 2.75) is 75.3 Å². The molecule has 1 fully saturated rings. The molecule has 2 heterocycles. The van der Waals surface area contributed by atoms with Crippen molar-refractivity contribution in [3.05, 3.63) is 119 Å². The summed E-state index contributed by atoms with van der Waals surface area (Å²) < 4.78 is 14.8. The molecule has 3 atom stereocenters. The van der Waals surface area contributed by atoms with Gasteiger partial charge in [-0.15, -0.1) is 5.10 Å². The second-order valence-corrected chi connectivity index (χ2v) is 14.0. The van der Waals surface area contributed by atoms with Gasteiger partial charge < -0.3 is 30.9 Å². The van der Waals surface area contributed by atoms with Gasteiger partial charge in [-0.25, -0.2) is 4.68 Å². The number of nitrogens with zero attached hydrogens (tertiary/aromatic N) is 4. The van der Waals surface area contributed by atoms with Gasteiger partial charge in [0.05, 0.1) is 30.2 Å². The number of hydrogen-bond donors (Lipinski definition) is 4. The number of rotatable bonds is 16. The van der Waals surface area contributed by atoms with E-state index in [4.69, 9.17) is 15.2 Å². The largest absolute Gasteiger partial charge is 0.397 e. The molecule has 53 heavy (non-hydrogen) atoms. The summed E-state index contributed by atoms with van der Waals surface area (Å²) in [5.41, 5.74) is 12.8. The first kappa shape index (κ1) is 37.7. The minimum atomic E-state index is -0.603. The molecular formula is C40H45N7O5S. The number of nitrogens with one attached hydrogen (secondary N) is 2. The van der Waals surface area contributed by atoms with Crippen molar-refractivity contribution in [2.75, 3.05) is 16.8 Å². The number of nitrogen functional groups attached to an aromatic ring is 1. The molecule has 1 aliphatic rings. The normalized spacial score (nSPS) is 17.0. The summed E-state index contributed by atoms with van der Waals surface area (Å²) in [5, 5.41) is 27.9. The van der Waals surface area contributed by atoms with Crippen LogP contribution in [0.3, 0.4) is 0 Å². The maximum Gasteiger partial charge on any atom is 0.224 e. The summed E-state index contributed by atoms with van der Waals surface area (Å²) in [5.74, 6) is 0.546. The maximum atomic E-state index is 12.6. The number of nitrogens with two attached hydrogens (primary N) is 1. The van der Waals surface area contributed by atoms with Gasteiger partial charge in [0.2, 0.25) is 17.0 Å². The van der Waals surface area contributed by atoms with Crippen molar-refractivity contribution in [3.63, 3.8) is 0 Å². The first-order chi connectivity index (χ1) is 25.8.